The second-order valence-electron chi connectivity index (χ2n) is 5.91. The van der Waals surface area contributed by atoms with E-state index in [2.05, 4.69) is 62.5 Å². The van der Waals surface area contributed by atoms with Crippen LogP contribution in [0.5, 0.6) is 0 Å². The number of benzene rings is 1. The molecule has 0 aliphatic carbocycles. The topological polar surface area (TPSA) is 56.9 Å². The van der Waals surface area contributed by atoms with Gasteiger partial charge in [0.05, 0.1) is 6.54 Å². The van der Waals surface area contributed by atoms with E-state index in [1.165, 1.54) is 5.56 Å². The first-order valence-corrected chi connectivity index (χ1v) is 8.54. The molecule has 3 rings (SSSR count). The fourth-order valence-electron chi connectivity index (χ4n) is 2.86. The van der Waals surface area contributed by atoms with Crippen LogP contribution in [0.4, 0.5) is 0 Å². The zero-order chi connectivity index (χ0) is 16.6. The minimum atomic E-state index is 0.545. The first-order valence-electron chi connectivity index (χ1n) is 8.54. The van der Waals surface area contributed by atoms with E-state index in [0.717, 1.165) is 50.9 Å². The van der Waals surface area contributed by atoms with Gasteiger partial charge >= 0.3 is 0 Å². The van der Waals surface area contributed by atoms with Crippen molar-refractivity contribution < 1.29 is 4.52 Å². The predicted molar refractivity (Wildman–Crippen MR) is 94.6 cm³/mol. The molecular weight excluding hydrogens is 302 g/mol. The number of hydrogen-bond acceptors (Lipinski definition) is 4. The Morgan fingerprint density at radius 2 is 1.96 bits per heavy atom. The molecule has 128 valence electrons. The molecule has 2 aromatic rings. The fourth-order valence-corrected chi connectivity index (χ4v) is 2.86. The van der Waals surface area contributed by atoms with Crippen molar-refractivity contribution >= 4 is 5.96 Å². The van der Waals surface area contributed by atoms with Crippen LogP contribution in [0, 0.1) is 0 Å². The maximum Gasteiger partial charge on any atom is 0.194 e. The Kier molecular flexibility index (Phi) is 5.85. The van der Waals surface area contributed by atoms with E-state index in [1.54, 1.807) is 6.26 Å². The minimum Gasteiger partial charge on any atom is -0.364 e. The summed E-state index contributed by atoms with van der Waals surface area (Å²) >= 11 is 0. The van der Waals surface area contributed by atoms with Gasteiger partial charge < -0.3 is 14.7 Å². The number of piperazine rings is 1. The highest BCUT2D eigenvalue weighted by Gasteiger charge is 2.19. The van der Waals surface area contributed by atoms with Crippen molar-refractivity contribution in [3.8, 4) is 0 Å². The maximum absolute atomic E-state index is 4.86. The van der Waals surface area contributed by atoms with E-state index in [0.29, 0.717) is 6.54 Å². The molecule has 0 atom stereocenters. The summed E-state index contributed by atoms with van der Waals surface area (Å²) in [5.74, 6) is 0.958. The molecule has 0 saturated carbocycles. The molecule has 1 N–H and O–H groups in total. The Balaban J connectivity index is 1.54. The van der Waals surface area contributed by atoms with E-state index in [1.807, 2.05) is 6.07 Å². The molecule has 1 saturated heterocycles. The molecule has 24 heavy (non-hydrogen) atoms. The zero-order valence-electron chi connectivity index (χ0n) is 14.2. The number of nitrogens with zero attached hydrogens (tertiary/aromatic N) is 4. The average Bonchev–Trinajstić information content (AvgIpc) is 3.14. The summed E-state index contributed by atoms with van der Waals surface area (Å²) in [5, 5.41) is 7.29. The van der Waals surface area contributed by atoms with Crippen molar-refractivity contribution in [3.63, 3.8) is 0 Å². The van der Waals surface area contributed by atoms with Crippen molar-refractivity contribution in [1.82, 2.24) is 20.3 Å². The second kappa shape index (κ2) is 8.49. The quantitative estimate of drug-likeness (QED) is 0.672. The van der Waals surface area contributed by atoms with E-state index in [-0.39, 0.29) is 0 Å². The predicted octanol–water partition coefficient (Wildman–Crippen LogP) is 1.96. The van der Waals surface area contributed by atoms with Gasteiger partial charge in [-0.1, -0.05) is 35.5 Å². The minimum absolute atomic E-state index is 0.545. The molecule has 0 bridgehead atoms. The van der Waals surface area contributed by atoms with Crippen LogP contribution in [0.2, 0.25) is 0 Å². The fraction of sp³-hybridized carbons (Fsp3) is 0.444. The number of hydrogen-bond donors (Lipinski definition) is 1. The highest BCUT2D eigenvalue weighted by atomic mass is 16.5. The molecule has 6 heteroatoms. The first-order chi connectivity index (χ1) is 11.8. The van der Waals surface area contributed by atoms with Crippen LogP contribution in [0.3, 0.4) is 0 Å². The lowest BCUT2D eigenvalue weighted by atomic mass is 10.2. The monoisotopic (exact) mass is 327 g/mol. The lowest BCUT2D eigenvalue weighted by Gasteiger charge is -2.36. The Labute approximate surface area is 143 Å². The van der Waals surface area contributed by atoms with Crippen LogP contribution in [0.15, 0.2) is 52.2 Å². The van der Waals surface area contributed by atoms with Gasteiger partial charge in [-0.15, -0.1) is 0 Å². The molecule has 0 unspecified atom stereocenters. The van der Waals surface area contributed by atoms with Gasteiger partial charge in [-0.3, -0.25) is 4.90 Å². The molecule has 0 radical (unpaired) electrons. The van der Waals surface area contributed by atoms with Crippen molar-refractivity contribution in [2.45, 2.75) is 20.0 Å². The summed E-state index contributed by atoms with van der Waals surface area (Å²) in [5.41, 5.74) is 2.23. The molecule has 1 aliphatic heterocycles. The van der Waals surface area contributed by atoms with Crippen molar-refractivity contribution in [1.29, 1.82) is 0 Å². The molecule has 1 fully saturated rings. The Morgan fingerprint density at radius 1 is 1.17 bits per heavy atom. The number of rotatable bonds is 5. The van der Waals surface area contributed by atoms with E-state index >= 15 is 0 Å². The van der Waals surface area contributed by atoms with Gasteiger partial charge in [0.1, 0.15) is 12.0 Å². The summed E-state index contributed by atoms with van der Waals surface area (Å²) < 4.78 is 4.86. The largest absolute Gasteiger partial charge is 0.364 e. The summed E-state index contributed by atoms with van der Waals surface area (Å²) in [4.78, 5) is 9.50. The number of guanidine groups is 1. The summed E-state index contributed by atoms with van der Waals surface area (Å²) in [6.45, 7) is 8.57. The molecule has 1 aromatic heterocycles. The third kappa shape index (κ3) is 4.58. The highest BCUT2D eigenvalue weighted by Crippen LogP contribution is 2.09. The maximum atomic E-state index is 4.86. The third-order valence-electron chi connectivity index (χ3n) is 4.14. The summed E-state index contributed by atoms with van der Waals surface area (Å²) in [7, 11) is 0. The van der Waals surface area contributed by atoms with Crippen molar-refractivity contribution in [3.05, 3.63) is 53.9 Å². The Hall–Kier alpha value is -2.34. The van der Waals surface area contributed by atoms with Crippen LogP contribution >= 0.6 is 0 Å². The summed E-state index contributed by atoms with van der Waals surface area (Å²) in [6, 6.07) is 12.5. The summed E-state index contributed by atoms with van der Waals surface area (Å²) in [6.07, 6.45) is 1.58. The molecule has 1 aliphatic rings. The molecule has 0 amide bonds. The standard InChI is InChI=1S/C18H25N5O/c1-2-19-18(20-14-17-8-13-24-21-17)23-11-9-22(10-12-23)15-16-6-4-3-5-7-16/h3-8,13H,2,9-12,14-15H2,1H3,(H,19,20). The number of aromatic nitrogens is 1. The number of aliphatic imine (C=N–C) groups is 1. The smallest absolute Gasteiger partial charge is 0.194 e. The van der Waals surface area contributed by atoms with Crippen molar-refractivity contribution in [2.75, 3.05) is 32.7 Å². The van der Waals surface area contributed by atoms with Gasteiger partial charge in [-0.2, -0.15) is 0 Å². The van der Waals surface area contributed by atoms with E-state index in [4.69, 9.17) is 4.52 Å². The van der Waals surface area contributed by atoms with E-state index in [9.17, 15) is 0 Å². The van der Waals surface area contributed by atoms with Gasteiger partial charge in [-0.05, 0) is 12.5 Å². The molecule has 2 heterocycles. The van der Waals surface area contributed by atoms with Crippen LogP contribution in [-0.4, -0.2) is 53.6 Å². The average molecular weight is 327 g/mol. The molecule has 6 nitrogen and oxygen atoms in total. The van der Waals surface area contributed by atoms with Gasteiger partial charge in [0.2, 0.25) is 0 Å². The number of nitrogens with one attached hydrogen (secondary N) is 1. The lowest BCUT2D eigenvalue weighted by molar-refractivity contribution is 0.172. The molecule has 0 spiro atoms. The van der Waals surface area contributed by atoms with Crippen LogP contribution in [-0.2, 0) is 13.1 Å². The third-order valence-corrected chi connectivity index (χ3v) is 4.14. The molecular formula is C18H25N5O. The Morgan fingerprint density at radius 3 is 2.62 bits per heavy atom. The van der Waals surface area contributed by atoms with Crippen LogP contribution < -0.4 is 5.32 Å². The highest BCUT2D eigenvalue weighted by molar-refractivity contribution is 5.80. The van der Waals surface area contributed by atoms with Gasteiger partial charge in [0.25, 0.3) is 0 Å². The lowest BCUT2D eigenvalue weighted by Crippen LogP contribution is -2.52. The van der Waals surface area contributed by atoms with Gasteiger partial charge in [-0.25, -0.2) is 4.99 Å². The van der Waals surface area contributed by atoms with Gasteiger partial charge in [0, 0.05) is 45.3 Å². The van der Waals surface area contributed by atoms with Gasteiger partial charge in [0.15, 0.2) is 5.96 Å². The van der Waals surface area contributed by atoms with E-state index < -0.39 is 0 Å². The molecule has 1 aromatic carbocycles. The second-order valence-corrected chi connectivity index (χ2v) is 5.91. The zero-order valence-corrected chi connectivity index (χ0v) is 14.2. The van der Waals surface area contributed by atoms with Crippen LogP contribution in [0.25, 0.3) is 0 Å². The SMILES string of the molecule is CCNC(=NCc1ccon1)N1CCN(Cc2ccccc2)CC1. The van der Waals surface area contributed by atoms with Crippen molar-refractivity contribution in [2.24, 2.45) is 4.99 Å². The Bertz CT molecular complexity index is 618. The first kappa shape index (κ1) is 16.5. The van der Waals surface area contributed by atoms with Crippen LogP contribution in [0.1, 0.15) is 18.2 Å². The normalized spacial score (nSPS) is 16.4.